The molecule has 0 bridgehead atoms. The Kier molecular flexibility index (Phi) is 3.79. The van der Waals surface area contributed by atoms with Gasteiger partial charge in [0.05, 0.1) is 0 Å². The molecule has 3 heterocycles. The maximum absolute atomic E-state index is 2.24. The standard InChI is InChI=1S/C7H6S2.C6H8S/c1-5-4-7-6(9-5)2-3-8-7;1-5-3-4-6(2)7-5/h2-4H,1H3;3-4H,1-2H3. The van der Waals surface area contributed by atoms with Crippen LogP contribution in [0.3, 0.4) is 0 Å². The monoisotopic (exact) mass is 266 g/mol. The zero-order chi connectivity index (χ0) is 11.5. The van der Waals surface area contributed by atoms with Crippen LogP contribution in [-0.2, 0) is 0 Å². The van der Waals surface area contributed by atoms with Gasteiger partial charge in [-0.25, -0.2) is 0 Å². The number of hydrogen-bond acceptors (Lipinski definition) is 3. The van der Waals surface area contributed by atoms with Crippen LogP contribution in [0.5, 0.6) is 0 Å². The van der Waals surface area contributed by atoms with E-state index in [0.29, 0.717) is 0 Å². The second kappa shape index (κ2) is 5.13. The SMILES string of the molecule is Cc1cc2sccc2s1.Cc1ccc(C)s1. The Hall–Kier alpha value is -0.640. The van der Waals surface area contributed by atoms with Crippen molar-refractivity contribution < 1.29 is 0 Å². The van der Waals surface area contributed by atoms with Gasteiger partial charge in [0.25, 0.3) is 0 Å². The summed E-state index contributed by atoms with van der Waals surface area (Å²) in [6.07, 6.45) is 0. The molecule has 0 aliphatic carbocycles. The van der Waals surface area contributed by atoms with Gasteiger partial charge in [-0.1, -0.05) is 0 Å². The third-order valence-corrected chi connectivity index (χ3v) is 5.06. The van der Waals surface area contributed by atoms with Crippen molar-refractivity contribution in [1.82, 2.24) is 0 Å². The van der Waals surface area contributed by atoms with Crippen LogP contribution < -0.4 is 0 Å². The smallest absolute Gasteiger partial charge is 0.0453 e. The highest BCUT2D eigenvalue weighted by molar-refractivity contribution is 7.26. The predicted molar refractivity (Wildman–Crippen MR) is 78.2 cm³/mol. The maximum atomic E-state index is 2.24. The Morgan fingerprint density at radius 3 is 1.94 bits per heavy atom. The minimum absolute atomic E-state index is 1.40. The van der Waals surface area contributed by atoms with Gasteiger partial charge < -0.3 is 0 Å². The predicted octanol–water partition coefficient (Wildman–Crippen LogP) is 5.64. The number of aryl methyl sites for hydroxylation is 3. The Bertz CT molecular complexity index is 524. The second-order valence-corrected chi connectivity index (χ2v) is 7.39. The van der Waals surface area contributed by atoms with E-state index >= 15 is 0 Å². The normalized spacial score (nSPS) is 10.2. The van der Waals surface area contributed by atoms with Crippen molar-refractivity contribution in [3.63, 3.8) is 0 Å². The molecule has 0 N–H and O–H groups in total. The molecule has 3 aromatic heterocycles. The van der Waals surface area contributed by atoms with Crippen LogP contribution in [0.25, 0.3) is 9.40 Å². The van der Waals surface area contributed by atoms with Crippen LogP contribution in [0.1, 0.15) is 14.6 Å². The molecule has 0 aliphatic heterocycles. The molecule has 0 aliphatic rings. The zero-order valence-corrected chi connectivity index (χ0v) is 12.1. The van der Waals surface area contributed by atoms with E-state index in [9.17, 15) is 0 Å². The fourth-order valence-corrected chi connectivity index (χ4v) is 4.25. The minimum atomic E-state index is 1.40. The van der Waals surface area contributed by atoms with E-state index in [1.54, 1.807) is 0 Å². The lowest BCUT2D eigenvalue weighted by molar-refractivity contribution is 1.61. The summed E-state index contributed by atoms with van der Waals surface area (Å²) in [5.41, 5.74) is 0. The maximum Gasteiger partial charge on any atom is 0.0453 e. The summed E-state index contributed by atoms with van der Waals surface area (Å²) in [7, 11) is 0. The number of thiophene rings is 3. The van der Waals surface area contributed by atoms with E-state index in [2.05, 4.69) is 50.4 Å². The molecule has 0 atom stereocenters. The van der Waals surface area contributed by atoms with Gasteiger partial charge in [0.15, 0.2) is 0 Å². The fraction of sp³-hybridized carbons (Fsp3) is 0.231. The van der Waals surface area contributed by atoms with Gasteiger partial charge in [-0.2, -0.15) is 0 Å². The van der Waals surface area contributed by atoms with Gasteiger partial charge in [0, 0.05) is 24.0 Å². The molecule has 84 valence electrons. The Labute approximate surface area is 108 Å². The van der Waals surface area contributed by atoms with Gasteiger partial charge in [-0.3, -0.25) is 0 Å². The van der Waals surface area contributed by atoms with E-state index < -0.39 is 0 Å². The summed E-state index contributed by atoms with van der Waals surface area (Å²) >= 11 is 5.53. The molecule has 0 fully saturated rings. The molecule has 0 unspecified atom stereocenters. The first kappa shape index (κ1) is 11.8. The summed E-state index contributed by atoms with van der Waals surface area (Å²) in [4.78, 5) is 4.21. The molecule has 0 aromatic carbocycles. The van der Waals surface area contributed by atoms with Crippen LogP contribution in [0, 0.1) is 20.8 Å². The van der Waals surface area contributed by atoms with Gasteiger partial charge in [-0.15, -0.1) is 34.0 Å². The van der Waals surface area contributed by atoms with Gasteiger partial charge in [-0.05, 0) is 50.4 Å². The fourth-order valence-electron chi connectivity index (χ4n) is 1.44. The summed E-state index contributed by atoms with van der Waals surface area (Å²) < 4.78 is 2.86. The molecule has 0 nitrogen and oxygen atoms in total. The average Bonchev–Trinajstić information content (AvgIpc) is 2.83. The average molecular weight is 266 g/mol. The highest BCUT2D eigenvalue weighted by Crippen LogP contribution is 2.28. The molecule has 0 saturated heterocycles. The highest BCUT2D eigenvalue weighted by Gasteiger charge is 1.96. The molecular formula is C13H14S3. The van der Waals surface area contributed by atoms with Crippen molar-refractivity contribution in [2.45, 2.75) is 20.8 Å². The second-order valence-electron chi connectivity index (χ2n) is 3.66. The molecule has 3 rings (SSSR count). The molecular weight excluding hydrogens is 252 g/mol. The molecule has 0 spiro atoms. The van der Waals surface area contributed by atoms with E-state index in [1.807, 2.05) is 34.0 Å². The molecule has 0 saturated carbocycles. The molecule has 3 aromatic rings. The zero-order valence-electron chi connectivity index (χ0n) is 9.61. The molecule has 0 amide bonds. The first-order valence-corrected chi connectivity index (χ1v) is 7.63. The molecule has 3 heteroatoms. The van der Waals surface area contributed by atoms with E-state index in [0.717, 1.165) is 0 Å². The third kappa shape index (κ3) is 2.94. The first-order valence-electron chi connectivity index (χ1n) is 5.12. The van der Waals surface area contributed by atoms with Crippen LogP contribution in [0.4, 0.5) is 0 Å². The van der Waals surface area contributed by atoms with E-state index in [-0.39, 0.29) is 0 Å². The van der Waals surface area contributed by atoms with Crippen molar-refractivity contribution in [1.29, 1.82) is 0 Å². The van der Waals surface area contributed by atoms with Gasteiger partial charge in [0.1, 0.15) is 0 Å². The highest BCUT2D eigenvalue weighted by atomic mass is 32.1. The summed E-state index contributed by atoms with van der Waals surface area (Å²) in [5, 5.41) is 2.14. The number of fused-ring (bicyclic) bond motifs is 1. The first-order chi connectivity index (χ1) is 7.65. The van der Waals surface area contributed by atoms with Crippen LogP contribution in [0.2, 0.25) is 0 Å². The lowest BCUT2D eigenvalue weighted by Crippen LogP contribution is -1.45. The summed E-state index contributed by atoms with van der Waals surface area (Å²) in [6, 6.07) is 8.70. The van der Waals surface area contributed by atoms with Crippen molar-refractivity contribution in [3.05, 3.63) is 44.3 Å². The molecule has 16 heavy (non-hydrogen) atoms. The Morgan fingerprint density at radius 1 is 0.750 bits per heavy atom. The van der Waals surface area contributed by atoms with Crippen molar-refractivity contribution in [2.24, 2.45) is 0 Å². The van der Waals surface area contributed by atoms with Gasteiger partial charge in [0.2, 0.25) is 0 Å². The Balaban J connectivity index is 0.000000125. The quantitative estimate of drug-likeness (QED) is 0.494. The number of hydrogen-bond donors (Lipinski definition) is 0. The van der Waals surface area contributed by atoms with Crippen LogP contribution in [-0.4, -0.2) is 0 Å². The van der Waals surface area contributed by atoms with Gasteiger partial charge >= 0.3 is 0 Å². The van der Waals surface area contributed by atoms with Crippen molar-refractivity contribution >= 4 is 43.4 Å². The van der Waals surface area contributed by atoms with E-state index in [4.69, 9.17) is 0 Å². The summed E-state index contributed by atoms with van der Waals surface area (Å²) in [5.74, 6) is 0. The van der Waals surface area contributed by atoms with E-state index in [1.165, 1.54) is 24.0 Å². The minimum Gasteiger partial charge on any atom is -0.146 e. The largest absolute Gasteiger partial charge is 0.146 e. The summed E-state index contributed by atoms with van der Waals surface area (Å²) in [6.45, 7) is 6.40. The topological polar surface area (TPSA) is 0 Å². The molecule has 0 radical (unpaired) electrons. The van der Waals surface area contributed by atoms with Crippen molar-refractivity contribution in [3.8, 4) is 0 Å². The lowest BCUT2D eigenvalue weighted by atomic mass is 10.5. The Morgan fingerprint density at radius 2 is 1.44 bits per heavy atom. The number of rotatable bonds is 0. The lowest BCUT2D eigenvalue weighted by Gasteiger charge is -1.71. The van der Waals surface area contributed by atoms with Crippen molar-refractivity contribution in [2.75, 3.05) is 0 Å². The van der Waals surface area contributed by atoms with Crippen LogP contribution >= 0.6 is 34.0 Å². The third-order valence-electron chi connectivity index (χ3n) is 2.14. The van der Waals surface area contributed by atoms with Crippen LogP contribution in [0.15, 0.2) is 29.6 Å².